The van der Waals surface area contributed by atoms with Crippen molar-refractivity contribution in [3.63, 3.8) is 0 Å². The third-order valence-corrected chi connectivity index (χ3v) is 3.67. The Hall–Kier alpha value is -0.650. The van der Waals surface area contributed by atoms with Gasteiger partial charge in [-0.2, -0.15) is 0 Å². The van der Waals surface area contributed by atoms with Gasteiger partial charge in [0.2, 0.25) is 5.91 Å². The molecule has 0 aromatic rings. The van der Waals surface area contributed by atoms with Gasteiger partial charge in [-0.15, -0.1) is 0 Å². The van der Waals surface area contributed by atoms with Crippen molar-refractivity contribution >= 4 is 5.91 Å². The summed E-state index contributed by atoms with van der Waals surface area (Å²) in [5, 5.41) is 2.17. The van der Waals surface area contributed by atoms with Crippen LogP contribution >= 0.6 is 0 Å². The van der Waals surface area contributed by atoms with Crippen LogP contribution in [0.5, 0.6) is 0 Å². The Morgan fingerprint density at radius 1 is 1.00 bits per heavy atom. The highest BCUT2D eigenvalue weighted by Crippen LogP contribution is 2.08. The first-order valence-corrected chi connectivity index (χ1v) is 6.70. The summed E-state index contributed by atoms with van der Waals surface area (Å²) >= 11 is 0. The van der Waals surface area contributed by atoms with E-state index >= 15 is 0 Å². The molecule has 5 nitrogen and oxygen atoms in total. The van der Waals surface area contributed by atoms with Crippen LogP contribution in [-0.4, -0.2) is 73.6 Å². The fourth-order valence-electron chi connectivity index (χ4n) is 2.40. The van der Waals surface area contributed by atoms with Gasteiger partial charge in [0.25, 0.3) is 0 Å². The third kappa shape index (κ3) is 3.94. The molecule has 0 bridgehead atoms. The summed E-state index contributed by atoms with van der Waals surface area (Å²) in [5.74, 6) is 0.253. The molecule has 0 aromatic carbocycles. The minimum absolute atomic E-state index is 0.253. The van der Waals surface area contributed by atoms with E-state index in [-0.39, 0.29) is 5.91 Å². The summed E-state index contributed by atoms with van der Waals surface area (Å²) < 4.78 is 0. The lowest BCUT2D eigenvalue weighted by Gasteiger charge is -2.33. The van der Waals surface area contributed by atoms with Crippen molar-refractivity contribution in [2.45, 2.75) is 19.3 Å². The van der Waals surface area contributed by atoms with Crippen LogP contribution in [0.4, 0.5) is 0 Å². The van der Waals surface area contributed by atoms with Gasteiger partial charge in [-0.25, -0.2) is 10.4 Å². The van der Waals surface area contributed by atoms with Crippen LogP contribution in [0.15, 0.2) is 0 Å². The molecule has 0 spiro atoms. The van der Waals surface area contributed by atoms with Crippen molar-refractivity contribution in [3.8, 4) is 0 Å². The zero-order valence-corrected chi connectivity index (χ0v) is 10.8. The number of likely N-dealkylation sites (N-methyl/N-ethyl adjacent to an activating group) is 1. The molecule has 17 heavy (non-hydrogen) atoms. The second kappa shape index (κ2) is 6.33. The van der Waals surface area contributed by atoms with E-state index in [2.05, 4.69) is 22.4 Å². The first-order valence-electron chi connectivity index (χ1n) is 6.70. The summed E-state index contributed by atoms with van der Waals surface area (Å²) in [6.07, 6.45) is 3.61. The van der Waals surface area contributed by atoms with Crippen LogP contribution in [0.25, 0.3) is 0 Å². The number of hydrogen-bond donors (Lipinski definition) is 1. The first kappa shape index (κ1) is 12.8. The topological polar surface area (TPSA) is 38.8 Å². The predicted molar refractivity (Wildman–Crippen MR) is 67.5 cm³/mol. The molecule has 2 saturated heterocycles. The number of hydrogen-bond acceptors (Lipinski definition) is 4. The Morgan fingerprint density at radius 2 is 1.65 bits per heavy atom. The van der Waals surface area contributed by atoms with Gasteiger partial charge in [-0.05, 0) is 26.3 Å². The van der Waals surface area contributed by atoms with Crippen molar-refractivity contribution in [2.75, 3.05) is 52.9 Å². The van der Waals surface area contributed by atoms with Gasteiger partial charge in [0.1, 0.15) is 0 Å². The van der Waals surface area contributed by atoms with Gasteiger partial charge < -0.3 is 9.80 Å². The number of piperazine rings is 1. The van der Waals surface area contributed by atoms with E-state index < -0.39 is 0 Å². The normalized spacial score (nSPS) is 23.9. The maximum Gasteiger partial charge on any atom is 0.237 e. The molecule has 0 atom stereocenters. The molecule has 0 aliphatic carbocycles. The molecule has 0 aromatic heterocycles. The smallest absolute Gasteiger partial charge is 0.237 e. The average Bonchev–Trinajstić information content (AvgIpc) is 2.39. The van der Waals surface area contributed by atoms with Crippen molar-refractivity contribution in [1.82, 2.24) is 20.2 Å². The lowest BCUT2D eigenvalue weighted by Crippen LogP contribution is -2.53. The monoisotopic (exact) mass is 240 g/mol. The SMILES string of the molecule is CN1CCN(NCC(=O)N2CCCCC2)CC1. The van der Waals surface area contributed by atoms with Crippen LogP contribution in [-0.2, 0) is 4.79 Å². The second-order valence-corrected chi connectivity index (χ2v) is 5.07. The second-order valence-electron chi connectivity index (χ2n) is 5.07. The number of amides is 1. The van der Waals surface area contributed by atoms with Gasteiger partial charge in [-0.3, -0.25) is 4.79 Å². The number of carbonyl (C=O) groups is 1. The number of likely N-dealkylation sites (tertiary alicyclic amines) is 1. The fourth-order valence-corrected chi connectivity index (χ4v) is 2.40. The highest BCUT2D eigenvalue weighted by Gasteiger charge is 2.18. The van der Waals surface area contributed by atoms with Crippen LogP contribution in [0.3, 0.4) is 0 Å². The molecular weight excluding hydrogens is 216 g/mol. The zero-order valence-electron chi connectivity index (χ0n) is 10.8. The Bertz CT molecular complexity index is 245. The number of carbonyl (C=O) groups excluding carboxylic acids is 1. The quantitative estimate of drug-likeness (QED) is 0.738. The minimum atomic E-state index is 0.253. The number of hydrazine groups is 1. The van der Waals surface area contributed by atoms with E-state index in [4.69, 9.17) is 0 Å². The van der Waals surface area contributed by atoms with Crippen molar-refractivity contribution < 1.29 is 4.79 Å². The molecule has 0 unspecified atom stereocenters. The van der Waals surface area contributed by atoms with E-state index in [0.717, 1.165) is 39.3 Å². The van der Waals surface area contributed by atoms with Gasteiger partial charge in [-0.1, -0.05) is 0 Å². The summed E-state index contributed by atoms with van der Waals surface area (Å²) in [7, 11) is 2.14. The fraction of sp³-hybridized carbons (Fsp3) is 0.917. The molecule has 0 radical (unpaired) electrons. The van der Waals surface area contributed by atoms with Gasteiger partial charge in [0.05, 0.1) is 6.54 Å². The Labute approximate surface area is 104 Å². The average molecular weight is 240 g/mol. The molecule has 1 amide bonds. The summed E-state index contributed by atoms with van der Waals surface area (Å²) in [6, 6.07) is 0. The lowest BCUT2D eigenvalue weighted by molar-refractivity contribution is -0.132. The van der Waals surface area contributed by atoms with Gasteiger partial charge in [0, 0.05) is 39.3 Å². The lowest BCUT2D eigenvalue weighted by atomic mass is 10.1. The number of piperidine rings is 1. The number of rotatable bonds is 3. The van der Waals surface area contributed by atoms with Crippen LogP contribution in [0.2, 0.25) is 0 Å². The van der Waals surface area contributed by atoms with Crippen LogP contribution in [0.1, 0.15) is 19.3 Å². The number of nitrogens with zero attached hydrogens (tertiary/aromatic N) is 3. The highest BCUT2D eigenvalue weighted by atomic mass is 16.2. The van der Waals surface area contributed by atoms with Crippen molar-refractivity contribution in [1.29, 1.82) is 0 Å². The van der Waals surface area contributed by atoms with Gasteiger partial charge in [0.15, 0.2) is 0 Å². The zero-order chi connectivity index (χ0) is 12.1. The van der Waals surface area contributed by atoms with E-state index in [0.29, 0.717) is 6.54 Å². The van der Waals surface area contributed by atoms with Crippen molar-refractivity contribution in [2.24, 2.45) is 0 Å². The maximum absolute atomic E-state index is 11.9. The minimum Gasteiger partial charge on any atom is -0.342 e. The molecule has 2 rings (SSSR count). The Morgan fingerprint density at radius 3 is 2.29 bits per heavy atom. The Kier molecular flexibility index (Phi) is 4.76. The molecular formula is C12H24N4O. The third-order valence-electron chi connectivity index (χ3n) is 3.67. The molecule has 98 valence electrons. The largest absolute Gasteiger partial charge is 0.342 e. The number of nitrogens with one attached hydrogen (secondary N) is 1. The summed E-state index contributed by atoms with van der Waals surface area (Å²) in [6.45, 7) is 6.51. The molecule has 1 N–H and O–H groups in total. The maximum atomic E-state index is 11.9. The molecule has 2 aliphatic heterocycles. The first-order chi connectivity index (χ1) is 8.25. The predicted octanol–water partition coefficient (Wildman–Crippen LogP) is -0.249. The van der Waals surface area contributed by atoms with E-state index in [1.54, 1.807) is 0 Å². The standard InChI is InChI=1S/C12H24N4O/c1-14-7-9-16(10-8-14)13-11-12(17)15-5-3-2-4-6-15/h13H,2-11H2,1H3. The van der Waals surface area contributed by atoms with Crippen molar-refractivity contribution in [3.05, 3.63) is 0 Å². The highest BCUT2D eigenvalue weighted by molar-refractivity contribution is 5.78. The van der Waals surface area contributed by atoms with Crippen LogP contribution in [0, 0.1) is 0 Å². The molecule has 0 saturated carbocycles. The van der Waals surface area contributed by atoms with Gasteiger partial charge >= 0.3 is 0 Å². The molecule has 2 aliphatic rings. The molecule has 2 fully saturated rings. The molecule has 2 heterocycles. The van der Waals surface area contributed by atoms with E-state index in [1.807, 2.05) is 4.90 Å². The molecule has 5 heteroatoms. The van der Waals surface area contributed by atoms with Crippen LogP contribution < -0.4 is 5.43 Å². The van der Waals surface area contributed by atoms with E-state index in [1.165, 1.54) is 19.3 Å². The summed E-state index contributed by atoms with van der Waals surface area (Å²) in [4.78, 5) is 16.2. The Balaban J connectivity index is 1.65. The van der Waals surface area contributed by atoms with E-state index in [9.17, 15) is 4.79 Å². The summed E-state index contributed by atoms with van der Waals surface area (Å²) in [5.41, 5.74) is 3.25.